The monoisotopic (exact) mass is 302 g/mol. The van der Waals surface area contributed by atoms with E-state index in [1.807, 2.05) is 6.92 Å². The minimum absolute atomic E-state index is 0.0244. The average Bonchev–Trinajstić information content (AvgIpc) is 2.48. The van der Waals surface area contributed by atoms with Crippen molar-refractivity contribution in [1.82, 2.24) is 0 Å². The number of nitro groups is 1. The zero-order chi connectivity index (χ0) is 16.1. The predicted molar refractivity (Wildman–Crippen MR) is 80.1 cm³/mol. The van der Waals surface area contributed by atoms with Crippen LogP contribution in [0.1, 0.15) is 5.56 Å². The maximum atomic E-state index is 11.7. The number of nitrogens with one attached hydrogen (secondary N) is 1. The van der Waals surface area contributed by atoms with Gasteiger partial charge >= 0.3 is 0 Å². The molecule has 0 atom stereocenters. The number of amides is 1. The minimum atomic E-state index is -0.517. The van der Waals surface area contributed by atoms with Crippen molar-refractivity contribution < 1.29 is 19.6 Å². The first kappa shape index (κ1) is 15.3. The van der Waals surface area contributed by atoms with Crippen molar-refractivity contribution in [1.29, 1.82) is 0 Å². The number of non-ortho nitro benzene ring substituents is 1. The number of nitrogens with zero attached hydrogens (tertiary/aromatic N) is 1. The quantitative estimate of drug-likeness (QED) is 0.502. The second-order valence-corrected chi connectivity index (χ2v) is 4.61. The number of phenols is 1. The van der Waals surface area contributed by atoms with Crippen molar-refractivity contribution in [3.63, 3.8) is 0 Å². The highest BCUT2D eigenvalue weighted by molar-refractivity contribution is 5.93. The summed E-state index contributed by atoms with van der Waals surface area (Å²) in [5, 5.41) is 22.7. The molecule has 0 spiro atoms. The van der Waals surface area contributed by atoms with Crippen LogP contribution in [0.5, 0.6) is 11.5 Å². The highest BCUT2D eigenvalue weighted by Gasteiger charge is 2.09. The van der Waals surface area contributed by atoms with Gasteiger partial charge in [-0.3, -0.25) is 14.9 Å². The summed E-state index contributed by atoms with van der Waals surface area (Å²) < 4.78 is 5.22. The number of anilines is 1. The minimum Gasteiger partial charge on any atom is -0.506 e. The molecule has 2 aromatic rings. The van der Waals surface area contributed by atoms with Gasteiger partial charge in [0.05, 0.1) is 10.6 Å². The fourth-order valence-electron chi connectivity index (χ4n) is 1.75. The van der Waals surface area contributed by atoms with Gasteiger partial charge in [0.2, 0.25) is 0 Å². The molecule has 1 amide bonds. The lowest BCUT2D eigenvalue weighted by Gasteiger charge is -2.09. The van der Waals surface area contributed by atoms with E-state index in [-0.39, 0.29) is 18.0 Å². The highest BCUT2D eigenvalue weighted by Crippen LogP contribution is 2.23. The topological polar surface area (TPSA) is 102 Å². The Kier molecular flexibility index (Phi) is 4.57. The van der Waals surface area contributed by atoms with Gasteiger partial charge in [-0.15, -0.1) is 0 Å². The van der Waals surface area contributed by atoms with Crippen molar-refractivity contribution in [3.8, 4) is 11.5 Å². The molecule has 7 nitrogen and oxygen atoms in total. The van der Waals surface area contributed by atoms with E-state index >= 15 is 0 Å². The van der Waals surface area contributed by atoms with E-state index in [2.05, 4.69) is 5.32 Å². The van der Waals surface area contributed by atoms with Gasteiger partial charge in [0, 0.05) is 12.1 Å². The highest BCUT2D eigenvalue weighted by atomic mass is 16.6. The zero-order valence-electron chi connectivity index (χ0n) is 11.8. The molecule has 114 valence electrons. The predicted octanol–water partition coefficient (Wildman–Crippen LogP) is 2.63. The lowest BCUT2D eigenvalue weighted by atomic mass is 10.2. The molecule has 0 aromatic heterocycles. The van der Waals surface area contributed by atoms with Crippen LogP contribution < -0.4 is 10.1 Å². The number of carbonyl (C=O) groups excluding carboxylic acids is 1. The van der Waals surface area contributed by atoms with Gasteiger partial charge in [0.1, 0.15) is 11.5 Å². The van der Waals surface area contributed by atoms with Crippen LogP contribution in [0.3, 0.4) is 0 Å². The lowest BCUT2D eigenvalue weighted by Crippen LogP contribution is -2.20. The summed E-state index contributed by atoms with van der Waals surface area (Å²) in [4.78, 5) is 21.7. The average molecular weight is 302 g/mol. The second kappa shape index (κ2) is 6.57. The van der Waals surface area contributed by atoms with E-state index in [1.165, 1.54) is 30.3 Å². The van der Waals surface area contributed by atoms with Crippen LogP contribution in [0.25, 0.3) is 0 Å². The number of hydrogen-bond donors (Lipinski definition) is 2. The van der Waals surface area contributed by atoms with Gasteiger partial charge in [-0.2, -0.15) is 0 Å². The molecule has 2 N–H and O–H groups in total. The van der Waals surface area contributed by atoms with Crippen molar-refractivity contribution in [3.05, 3.63) is 58.1 Å². The number of rotatable bonds is 5. The largest absolute Gasteiger partial charge is 0.506 e. The van der Waals surface area contributed by atoms with E-state index < -0.39 is 10.8 Å². The summed E-state index contributed by atoms with van der Waals surface area (Å²) in [6, 6.07) is 10.3. The van der Waals surface area contributed by atoms with Gasteiger partial charge in [-0.25, -0.2) is 0 Å². The molecule has 7 heteroatoms. The van der Waals surface area contributed by atoms with Crippen molar-refractivity contribution in [2.45, 2.75) is 6.92 Å². The molecular weight excluding hydrogens is 288 g/mol. The number of aryl methyl sites for hydroxylation is 1. The standard InChI is InChI=1S/C15H14N2O5/c1-10-2-7-13(14(18)8-10)16-15(19)9-22-12-5-3-11(4-6-12)17(20)21/h2-8,18H,9H2,1H3,(H,16,19). The molecule has 0 unspecified atom stereocenters. The molecule has 0 aliphatic rings. The van der Waals surface area contributed by atoms with Crippen LogP contribution in [0.15, 0.2) is 42.5 Å². The van der Waals surface area contributed by atoms with Gasteiger partial charge in [-0.05, 0) is 36.8 Å². The van der Waals surface area contributed by atoms with Crippen molar-refractivity contribution in [2.75, 3.05) is 11.9 Å². The molecule has 0 radical (unpaired) electrons. The van der Waals surface area contributed by atoms with Crippen molar-refractivity contribution in [2.24, 2.45) is 0 Å². The normalized spacial score (nSPS) is 10.0. The molecule has 22 heavy (non-hydrogen) atoms. The third-order valence-electron chi connectivity index (χ3n) is 2.84. The number of hydrogen-bond acceptors (Lipinski definition) is 5. The lowest BCUT2D eigenvalue weighted by molar-refractivity contribution is -0.384. The number of ether oxygens (including phenoxy) is 1. The van der Waals surface area contributed by atoms with Crippen LogP contribution in [0, 0.1) is 17.0 Å². The number of nitro benzene ring substituents is 1. The number of aromatic hydroxyl groups is 1. The Hall–Kier alpha value is -3.09. The summed E-state index contributed by atoms with van der Waals surface area (Å²) in [5.74, 6) is -0.130. The van der Waals surface area contributed by atoms with E-state index in [0.717, 1.165) is 5.56 Å². The van der Waals surface area contributed by atoms with E-state index in [9.17, 15) is 20.0 Å². The summed E-state index contributed by atoms with van der Waals surface area (Å²) in [7, 11) is 0. The van der Waals surface area contributed by atoms with Gasteiger partial charge in [0.25, 0.3) is 11.6 Å². The Bertz CT molecular complexity index is 698. The Balaban J connectivity index is 1.91. The maximum Gasteiger partial charge on any atom is 0.269 e. The smallest absolute Gasteiger partial charge is 0.269 e. The fourth-order valence-corrected chi connectivity index (χ4v) is 1.75. The Morgan fingerprint density at radius 1 is 1.27 bits per heavy atom. The molecule has 0 saturated heterocycles. The molecule has 0 bridgehead atoms. The zero-order valence-corrected chi connectivity index (χ0v) is 11.8. The number of phenolic OH excluding ortho intramolecular Hbond substituents is 1. The first-order valence-electron chi connectivity index (χ1n) is 6.42. The first-order chi connectivity index (χ1) is 10.5. The first-order valence-corrected chi connectivity index (χ1v) is 6.42. The van der Waals surface area contributed by atoms with Crippen LogP contribution in [0.4, 0.5) is 11.4 Å². The molecule has 2 aromatic carbocycles. The van der Waals surface area contributed by atoms with Gasteiger partial charge < -0.3 is 15.2 Å². The fraction of sp³-hybridized carbons (Fsp3) is 0.133. The third-order valence-corrected chi connectivity index (χ3v) is 2.84. The molecule has 0 aliphatic carbocycles. The van der Waals surface area contributed by atoms with E-state index in [4.69, 9.17) is 4.74 Å². The summed E-state index contributed by atoms with van der Waals surface area (Å²) >= 11 is 0. The van der Waals surface area contributed by atoms with Gasteiger partial charge in [-0.1, -0.05) is 6.07 Å². The molecular formula is C15H14N2O5. The van der Waals surface area contributed by atoms with Crippen LogP contribution in [0.2, 0.25) is 0 Å². The molecule has 0 heterocycles. The van der Waals surface area contributed by atoms with Crippen LogP contribution in [-0.4, -0.2) is 22.5 Å². The van der Waals surface area contributed by atoms with Gasteiger partial charge in [0.15, 0.2) is 6.61 Å². The Labute approximate surface area is 126 Å². The van der Waals surface area contributed by atoms with Crippen LogP contribution in [-0.2, 0) is 4.79 Å². The second-order valence-electron chi connectivity index (χ2n) is 4.61. The Morgan fingerprint density at radius 2 is 1.95 bits per heavy atom. The Morgan fingerprint density at radius 3 is 2.55 bits per heavy atom. The SMILES string of the molecule is Cc1ccc(NC(=O)COc2ccc([N+](=O)[O-])cc2)c(O)c1. The van der Waals surface area contributed by atoms with E-state index in [1.54, 1.807) is 12.1 Å². The molecule has 0 saturated carbocycles. The number of carbonyl (C=O) groups is 1. The van der Waals surface area contributed by atoms with Crippen LogP contribution >= 0.6 is 0 Å². The molecule has 0 fully saturated rings. The third kappa shape index (κ3) is 3.95. The van der Waals surface area contributed by atoms with Crippen molar-refractivity contribution >= 4 is 17.3 Å². The maximum absolute atomic E-state index is 11.7. The molecule has 2 rings (SSSR count). The number of benzene rings is 2. The summed E-state index contributed by atoms with van der Waals surface area (Å²) in [5.41, 5.74) is 1.11. The summed E-state index contributed by atoms with van der Waals surface area (Å²) in [6.45, 7) is 1.55. The summed E-state index contributed by atoms with van der Waals surface area (Å²) in [6.07, 6.45) is 0. The molecule has 0 aliphatic heterocycles. The van der Waals surface area contributed by atoms with E-state index in [0.29, 0.717) is 11.4 Å².